The minimum Gasteiger partial charge on any atom is -0.444 e. The molecule has 1 amide bonds. The third kappa shape index (κ3) is 3.07. The molecule has 0 radical (unpaired) electrons. The second kappa shape index (κ2) is 4.20. The molecule has 0 bridgehead atoms. The van der Waals surface area contributed by atoms with E-state index in [1.54, 1.807) is 20.8 Å². The molecule has 1 aliphatic rings. The molecule has 5 heteroatoms. The average Bonchev–Trinajstić information content (AvgIpc) is 2.46. The Kier molecular flexibility index (Phi) is 3.47. The largest absolute Gasteiger partial charge is 0.444 e. The van der Waals surface area contributed by atoms with E-state index < -0.39 is 23.5 Å². The van der Waals surface area contributed by atoms with Crippen molar-refractivity contribution in [1.82, 2.24) is 4.90 Å². The van der Waals surface area contributed by atoms with Gasteiger partial charge in [-0.05, 0) is 27.7 Å². The summed E-state index contributed by atoms with van der Waals surface area (Å²) in [5.41, 5.74) is -2.28. The number of alkyl halides is 1. The molecule has 0 aliphatic carbocycles. The van der Waals surface area contributed by atoms with Crippen LogP contribution in [0, 0.1) is 0 Å². The van der Waals surface area contributed by atoms with Gasteiger partial charge in [0.1, 0.15) is 5.60 Å². The maximum atomic E-state index is 14.0. The average molecular weight is 233 g/mol. The number of hydrogen-bond donors (Lipinski definition) is 1. The third-order valence-corrected chi connectivity index (χ3v) is 2.65. The Labute approximate surface area is 95.4 Å². The van der Waals surface area contributed by atoms with Crippen LogP contribution >= 0.6 is 0 Å². The van der Waals surface area contributed by atoms with Gasteiger partial charge in [0.05, 0.1) is 12.6 Å². The van der Waals surface area contributed by atoms with Crippen LogP contribution in [0.5, 0.6) is 0 Å². The van der Waals surface area contributed by atoms with E-state index in [0.717, 1.165) is 0 Å². The van der Waals surface area contributed by atoms with Crippen LogP contribution in [-0.2, 0) is 4.74 Å². The zero-order valence-electron chi connectivity index (χ0n) is 10.3. The normalized spacial score (nSPS) is 28.0. The second-order valence-corrected chi connectivity index (χ2v) is 5.36. The Morgan fingerprint density at radius 3 is 2.50 bits per heavy atom. The van der Waals surface area contributed by atoms with Gasteiger partial charge in [0.25, 0.3) is 0 Å². The topological polar surface area (TPSA) is 49.8 Å². The maximum Gasteiger partial charge on any atom is 0.410 e. The molecular weight excluding hydrogens is 213 g/mol. The highest BCUT2D eigenvalue weighted by molar-refractivity contribution is 5.68. The summed E-state index contributed by atoms with van der Waals surface area (Å²) in [6, 6.07) is 0. The zero-order chi connectivity index (χ0) is 12.6. The number of carbonyl (C=O) groups is 1. The highest BCUT2D eigenvalue weighted by Crippen LogP contribution is 2.29. The van der Waals surface area contributed by atoms with Crippen molar-refractivity contribution in [1.29, 1.82) is 0 Å². The predicted molar refractivity (Wildman–Crippen MR) is 57.9 cm³/mol. The number of halogens is 1. The van der Waals surface area contributed by atoms with Crippen molar-refractivity contribution >= 4 is 6.09 Å². The van der Waals surface area contributed by atoms with E-state index in [4.69, 9.17) is 4.74 Å². The molecule has 0 aromatic rings. The molecule has 1 fully saturated rings. The summed E-state index contributed by atoms with van der Waals surface area (Å²) in [4.78, 5) is 12.9. The Morgan fingerprint density at radius 1 is 1.56 bits per heavy atom. The van der Waals surface area contributed by atoms with Gasteiger partial charge in [-0.1, -0.05) is 0 Å². The van der Waals surface area contributed by atoms with Gasteiger partial charge in [0.15, 0.2) is 5.67 Å². The Hall–Kier alpha value is -0.840. The lowest BCUT2D eigenvalue weighted by atomic mass is 10.00. The molecule has 2 atom stereocenters. The summed E-state index contributed by atoms with van der Waals surface area (Å²) in [5.74, 6) is 0. The molecule has 1 heterocycles. The van der Waals surface area contributed by atoms with Gasteiger partial charge < -0.3 is 14.7 Å². The monoisotopic (exact) mass is 233 g/mol. The van der Waals surface area contributed by atoms with Crippen molar-refractivity contribution in [3.8, 4) is 0 Å². The van der Waals surface area contributed by atoms with Gasteiger partial charge in [-0.3, -0.25) is 0 Å². The van der Waals surface area contributed by atoms with Crippen LogP contribution < -0.4 is 0 Å². The molecule has 1 aliphatic heterocycles. The number of amides is 1. The van der Waals surface area contributed by atoms with Crippen molar-refractivity contribution in [2.75, 3.05) is 13.1 Å². The molecule has 1 saturated heterocycles. The van der Waals surface area contributed by atoms with E-state index in [2.05, 4.69) is 0 Å². The molecule has 0 unspecified atom stereocenters. The van der Waals surface area contributed by atoms with Crippen LogP contribution in [-0.4, -0.2) is 46.6 Å². The Morgan fingerprint density at radius 2 is 2.12 bits per heavy atom. The van der Waals surface area contributed by atoms with Crippen LogP contribution in [0.15, 0.2) is 0 Å². The molecular formula is C11H20FNO3. The van der Waals surface area contributed by atoms with E-state index in [-0.39, 0.29) is 19.5 Å². The SMILES string of the molecule is C[C@H](O)[C@]1(F)CCN(C(=O)OC(C)(C)C)C1. The first kappa shape index (κ1) is 13.2. The minimum atomic E-state index is -1.70. The first-order valence-electron chi connectivity index (χ1n) is 5.49. The second-order valence-electron chi connectivity index (χ2n) is 5.36. The summed E-state index contributed by atoms with van der Waals surface area (Å²) >= 11 is 0. The number of aliphatic hydroxyl groups is 1. The lowest BCUT2D eigenvalue weighted by Gasteiger charge is -2.26. The molecule has 0 aromatic carbocycles. The van der Waals surface area contributed by atoms with Gasteiger partial charge in [0, 0.05) is 13.0 Å². The molecule has 94 valence electrons. The molecule has 16 heavy (non-hydrogen) atoms. The maximum absolute atomic E-state index is 14.0. The number of aliphatic hydroxyl groups excluding tert-OH is 1. The van der Waals surface area contributed by atoms with E-state index in [1.807, 2.05) is 0 Å². The number of ether oxygens (including phenoxy) is 1. The van der Waals surface area contributed by atoms with Gasteiger partial charge in [-0.25, -0.2) is 9.18 Å². The molecule has 1 N–H and O–H groups in total. The highest BCUT2D eigenvalue weighted by Gasteiger charge is 2.45. The summed E-state index contributed by atoms with van der Waals surface area (Å²) in [7, 11) is 0. The van der Waals surface area contributed by atoms with E-state index in [0.29, 0.717) is 0 Å². The summed E-state index contributed by atoms with van der Waals surface area (Å²) in [5, 5.41) is 9.29. The van der Waals surface area contributed by atoms with E-state index >= 15 is 0 Å². The van der Waals surface area contributed by atoms with Gasteiger partial charge in [0.2, 0.25) is 0 Å². The van der Waals surface area contributed by atoms with Crippen LogP contribution in [0.1, 0.15) is 34.1 Å². The van der Waals surface area contributed by atoms with Crippen LogP contribution in [0.3, 0.4) is 0 Å². The number of hydrogen-bond acceptors (Lipinski definition) is 3. The standard InChI is InChI=1S/C11H20FNO3/c1-8(14)11(12)5-6-13(7-11)9(15)16-10(2,3)4/h8,14H,5-7H2,1-4H3/t8-,11-/m0/s1. The fraction of sp³-hybridized carbons (Fsp3) is 0.909. The zero-order valence-corrected chi connectivity index (χ0v) is 10.3. The summed E-state index contributed by atoms with van der Waals surface area (Å²) < 4.78 is 19.1. The molecule has 4 nitrogen and oxygen atoms in total. The van der Waals surface area contributed by atoms with Gasteiger partial charge in [-0.15, -0.1) is 0 Å². The number of likely N-dealkylation sites (tertiary alicyclic amines) is 1. The van der Waals surface area contributed by atoms with Crippen molar-refractivity contribution in [2.45, 2.75) is 51.5 Å². The smallest absolute Gasteiger partial charge is 0.410 e. The third-order valence-electron chi connectivity index (χ3n) is 2.65. The molecule has 0 spiro atoms. The lowest BCUT2D eigenvalue weighted by molar-refractivity contribution is 0.000209. The van der Waals surface area contributed by atoms with E-state index in [1.165, 1.54) is 11.8 Å². The van der Waals surface area contributed by atoms with Gasteiger partial charge >= 0.3 is 6.09 Å². The van der Waals surface area contributed by atoms with Crippen molar-refractivity contribution in [2.24, 2.45) is 0 Å². The molecule has 1 rings (SSSR count). The van der Waals surface area contributed by atoms with Crippen molar-refractivity contribution in [3.05, 3.63) is 0 Å². The van der Waals surface area contributed by atoms with E-state index in [9.17, 15) is 14.3 Å². The Bertz CT molecular complexity index is 275. The number of nitrogens with zero attached hydrogens (tertiary/aromatic N) is 1. The number of carbonyl (C=O) groups excluding carboxylic acids is 1. The fourth-order valence-corrected chi connectivity index (χ4v) is 1.62. The van der Waals surface area contributed by atoms with Crippen LogP contribution in [0.25, 0.3) is 0 Å². The highest BCUT2D eigenvalue weighted by atomic mass is 19.1. The van der Waals surface area contributed by atoms with Crippen molar-refractivity contribution < 1.29 is 19.0 Å². The number of rotatable bonds is 1. The molecule has 0 saturated carbocycles. The molecule has 0 aromatic heterocycles. The quantitative estimate of drug-likeness (QED) is 0.750. The lowest BCUT2D eigenvalue weighted by Crippen LogP contribution is -2.42. The minimum absolute atomic E-state index is 0.0976. The predicted octanol–water partition coefficient (Wildman–Crippen LogP) is 1.72. The van der Waals surface area contributed by atoms with Crippen LogP contribution in [0.2, 0.25) is 0 Å². The van der Waals surface area contributed by atoms with Crippen LogP contribution in [0.4, 0.5) is 9.18 Å². The Balaban J connectivity index is 2.57. The van der Waals surface area contributed by atoms with Gasteiger partial charge in [-0.2, -0.15) is 0 Å². The first-order valence-corrected chi connectivity index (χ1v) is 5.49. The first-order chi connectivity index (χ1) is 7.14. The fourth-order valence-electron chi connectivity index (χ4n) is 1.62. The van der Waals surface area contributed by atoms with Crippen molar-refractivity contribution in [3.63, 3.8) is 0 Å². The summed E-state index contributed by atoms with van der Waals surface area (Å²) in [6.45, 7) is 6.88. The summed E-state index contributed by atoms with van der Waals surface area (Å²) in [6.07, 6.45) is -1.43.